The first-order valence-electron chi connectivity index (χ1n) is 6.84. The summed E-state index contributed by atoms with van der Waals surface area (Å²) in [4.78, 5) is 20.5. The van der Waals surface area contributed by atoms with E-state index in [-0.39, 0.29) is 11.7 Å². The Labute approximate surface area is 140 Å². The number of thiazole rings is 1. The molecule has 0 spiro atoms. The molecule has 2 aromatic heterocycles. The maximum atomic E-state index is 12.1. The van der Waals surface area contributed by atoms with E-state index in [0.29, 0.717) is 16.4 Å². The molecule has 0 aliphatic heterocycles. The van der Waals surface area contributed by atoms with Gasteiger partial charge < -0.3 is 4.74 Å². The first-order valence-corrected chi connectivity index (χ1v) is 7.72. The highest BCUT2D eigenvalue weighted by Gasteiger charge is 2.11. The smallest absolute Gasteiger partial charge is 0.387 e. The topological polar surface area (TPSA) is 64.1 Å². The van der Waals surface area contributed by atoms with Crippen LogP contribution in [0.1, 0.15) is 10.4 Å². The van der Waals surface area contributed by atoms with Gasteiger partial charge in [0, 0.05) is 28.9 Å². The fraction of sp³-hybridized carbons (Fsp3) is 0.0625. The van der Waals surface area contributed by atoms with Crippen LogP contribution in [-0.4, -0.2) is 22.5 Å². The van der Waals surface area contributed by atoms with Crippen molar-refractivity contribution in [3.05, 3.63) is 59.7 Å². The summed E-state index contributed by atoms with van der Waals surface area (Å²) in [5.74, 6) is -0.389. The molecule has 122 valence electrons. The normalized spacial score (nSPS) is 10.6. The summed E-state index contributed by atoms with van der Waals surface area (Å²) < 4.78 is 28.4. The fourth-order valence-corrected chi connectivity index (χ4v) is 2.65. The van der Waals surface area contributed by atoms with Crippen molar-refractivity contribution in [3.63, 3.8) is 0 Å². The maximum absolute atomic E-state index is 12.1. The number of hydrogen-bond donors (Lipinski definition) is 1. The van der Waals surface area contributed by atoms with Crippen molar-refractivity contribution in [2.24, 2.45) is 0 Å². The molecule has 0 atom stereocenters. The molecule has 0 saturated heterocycles. The lowest BCUT2D eigenvalue weighted by Crippen LogP contribution is -2.11. The van der Waals surface area contributed by atoms with Crippen LogP contribution in [0.5, 0.6) is 5.75 Å². The third-order valence-electron chi connectivity index (χ3n) is 3.02. The summed E-state index contributed by atoms with van der Waals surface area (Å²) in [6.45, 7) is -2.90. The predicted octanol–water partition coefficient (Wildman–Crippen LogP) is 4.06. The third kappa shape index (κ3) is 3.90. The van der Waals surface area contributed by atoms with Gasteiger partial charge in [0.25, 0.3) is 5.91 Å². The summed E-state index contributed by atoms with van der Waals surface area (Å²) in [6.07, 6.45) is 3.35. The highest BCUT2D eigenvalue weighted by Crippen LogP contribution is 2.24. The van der Waals surface area contributed by atoms with Gasteiger partial charge in [-0.05, 0) is 36.4 Å². The molecule has 24 heavy (non-hydrogen) atoms. The number of amides is 1. The standard InChI is InChI=1S/C16H11F2N3O2S/c17-15(18)23-12-5-3-10(4-6-12)14(22)21-16-20-13(9-24-16)11-2-1-7-19-8-11/h1-9,15H,(H,20,21,22). The van der Waals surface area contributed by atoms with Gasteiger partial charge in [-0.1, -0.05) is 0 Å². The summed E-state index contributed by atoms with van der Waals surface area (Å²) in [5, 5.41) is 4.92. The number of hydrogen-bond acceptors (Lipinski definition) is 5. The second-order valence-electron chi connectivity index (χ2n) is 4.64. The Bertz CT molecular complexity index is 823. The van der Waals surface area contributed by atoms with Crippen molar-refractivity contribution in [2.75, 3.05) is 5.32 Å². The Kier molecular flexibility index (Phi) is 4.76. The first kappa shape index (κ1) is 16.0. The molecular weight excluding hydrogens is 336 g/mol. The zero-order chi connectivity index (χ0) is 16.9. The van der Waals surface area contributed by atoms with E-state index in [1.54, 1.807) is 18.5 Å². The van der Waals surface area contributed by atoms with Crippen LogP contribution < -0.4 is 10.1 Å². The molecule has 1 N–H and O–H groups in total. The Morgan fingerprint density at radius 1 is 1.21 bits per heavy atom. The number of alkyl halides is 2. The quantitative estimate of drug-likeness (QED) is 0.756. The molecule has 0 aliphatic carbocycles. The van der Waals surface area contributed by atoms with E-state index in [4.69, 9.17) is 0 Å². The minimum atomic E-state index is -2.90. The molecular formula is C16H11F2N3O2S. The number of pyridine rings is 1. The summed E-state index contributed by atoms with van der Waals surface area (Å²) in [6, 6.07) is 9.10. The Morgan fingerprint density at radius 2 is 2.00 bits per heavy atom. The van der Waals surface area contributed by atoms with Crippen molar-refractivity contribution in [3.8, 4) is 17.0 Å². The van der Waals surface area contributed by atoms with Crippen molar-refractivity contribution in [1.82, 2.24) is 9.97 Å². The van der Waals surface area contributed by atoms with Crippen LogP contribution in [0, 0.1) is 0 Å². The number of benzene rings is 1. The van der Waals surface area contributed by atoms with Crippen LogP contribution in [0.15, 0.2) is 54.2 Å². The Balaban J connectivity index is 1.68. The molecule has 3 rings (SSSR count). The number of halogens is 2. The van der Waals surface area contributed by atoms with E-state index in [1.807, 2.05) is 11.4 Å². The Hall–Kier alpha value is -2.87. The third-order valence-corrected chi connectivity index (χ3v) is 3.78. The number of ether oxygens (including phenoxy) is 1. The minimum Gasteiger partial charge on any atom is -0.435 e. The van der Waals surface area contributed by atoms with Gasteiger partial charge in [0.2, 0.25) is 0 Å². The zero-order valence-corrected chi connectivity index (χ0v) is 13.0. The van der Waals surface area contributed by atoms with E-state index in [2.05, 4.69) is 20.0 Å². The number of aromatic nitrogens is 2. The van der Waals surface area contributed by atoms with Crippen LogP contribution >= 0.6 is 11.3 Å². The number of nitrogens with one attached hydrogen (secondary N) is 1. The SMILES string of the molecule is O=C(Nc1nc(-c2cccnc2)cs1)c1ccc(OC(F)F)cc1. The fourth-order valence-electron chi connectivity index (χ4n) is 1.94. The van der Waals surface area contributed by atoms with Crippen LogP contribution in [-0.2, 0) is 0 Å². The van der Waals surface area contributed by atoms with Crippen LogP contribution in [0.4, 0.5) is 13.9 Å². The lowest BCUT2D eigenvalue weighted by Gasteiger charge is -2.05. The predicted molar refractivity (Wildman–Crippen MR) is 86.4 cm³/mol. The number of rotatable bonds is 5. The van der Waals surface area contributed by atoms with Gasteiger partial charge in [-0.3, -0.25) is 15.1 Å². The molecule has 1 aromatic carbocycles. The molecule has 0 radical (unpaired) electrons. The number of anilines is 1. The molecule has 0 aliphatic rings. The molecule has 2 heterocycles. The average Bonchev–Trinajstić information content (AvgIpc) is 3.04. The van der Waals surface area contributed by atoms with Gasteiger partial charge in [-0.2, -0.15) is 8.78 Å². The van der Waals surface area contributed by atoms with Gasteiger partial charge in [-0.25, -0.2) is 4.98 Å². The van der Waals surface area contributed by atoms with E-state index in [9.17, 15) is 13.6 Å². The van der Waals surface area contributed by atoms with E-state index in [1.165, 1.54) is 35.6 Å². The van der Waals surface area contributed by atoms with Gasteiger partial charge in [0.1, 0.15) is 5.75 Å². The monoisotopic (exact) mass is 347 g/mol. The number of carbonyl (C=O) groups excluding carboxylic acids is 1. The van der Waals surface area contributed by atoms with Crippen molar-refractivity contribution >= 4 is 22.4 Å². The van der Waals surface area contributed by atoms with Crippen molar-refractivity contribution < 1.29 is 18.3 Å². The van der Waals surface area contributed by atoms with Crippen LogP contribution in [0.2, 0.25) is 0 Å². The highest BCUT2D eigenvalue weighted by molar-refractivity contribution is 7.14. The zero-order valence-electron chi connectivity index (χ0n) is 12.1. The van der Waals surface area contributed by atoms with Crippen LogP contribution in [0.25, 0.3) is 11.3 Å². The minimum absolute atomic E-state index is 0.00494. The van der Waals surface area contributed by atoms with Crippen molar-refractivity contribution in [1.29, 1.82) is 0 Å². The lowest BCUT2D eigenvalue weighted by molar-refractivity contribution is -0.0498. The average molecular weight is 347 g/mol. The molecule has 0 saturated carbocycles. The number of carbonyl (C=O) groups is 1. The lowest BCUT2D eigenvalue weighted by atomic mass is 10.2. The molecule has 0 unspecified atom stereocenters. The Morgan fingerprint density at radius 3 is 2.67 bits per heavy atom. The second-order valence-corrected chi connectivity index (χ2v) is 5.49. The van der Waals surface area contributed by atoms with Gasteiger partial charge >= 0.3 is 6.61 Å². The molecule has 3 aromatic rings. The molecule has 0 fully saturated rings. The van der Waals surface area contributed by atoms with Crippen molar-refractivity contribution in [2.45, 2.75) is 6.61 Å². The van der Waals surface area contributed by atoms with Gasteiger partial charge in [-0.15, -0.1) is 11.3 Å². The van der Waals surface area contributed by atoms with E-state index < -0.39 is 6.61 Å². The molecule has 8 heteroatoms. The first-order chi connectivity index (χ1) is 11.6. The van der Waals surface area contributed by atoms with E-state index in [0.717, 1.165) is 5.56 Å². The summed E-state index contributed by atoms with van der Waals surface area (Å²) >= 11 is 1.28. The maximum Gasteiger partial charge on any atom is 0.387 e. The van der Waals surface area contributed by atoms with Gasteiger partial charge in [0.05, 0.1) is 5.69 Å². The molecule has 0 bridgehead atoms. The van der Waals surface area contributed by atoms with Gasteiger partial charge in [0.15, 0.2) is 5.13 Å². The summed E-state index contributed by atoms with van der Waals surface area (Å²) in [5.41, 5.74) is 1.88. The highest BCUT2D eigenvalue weighted by atomic mass is 32.1. The molecule has 1 amide bonds. The van der Waals surface area contributed by atoms with Crippen LogP contribution in [0.3, 0.4) is 0 Å². The number of nitrogens with zero attached hydrogens (tertiary/aromatic N) is 2. The molecule has 5 nitrogen and oxygen atoms in total. The largest absolute Gasteiger partial charge is 0.435 e. The second kappa shape index (κ2) is 7.14. The summed E-state index contributed by atoms with van der Waals surface area (Å²) in [7, 11) is 0. The van der Waals surface area contributed by atoms with E-state index >= 15 is 0 Å².